The zero-order chi connectivity index (χ0) is 26.1. The molecule has 8 aromatic rings. The van der Waals surface area contributed by atoms with E-state index in [1.54, 1.807) is 0 Å². The highest BCUT2D eigenvalue weighted by molar-refractivity contribution is 6.26. The molecule has 0 saturated heterocycles. The number of rotatable bonds is 2. The van der Waals surface area contributed by atoms with Gasteiger partial charge in [-0.2, -0.15) is 0 Å². The Hall–Kier alpha value is -4.88. The average molecular weight is 473 g/mol. The van der Waals surface area contributed by atoms with Gasteiger partial charge in [0.15, 0.2) is 0 Å². The van der Waals surface area contributed by atoms with Crippen molar-refractivity contribution in [2.75, 3.05) is 0 Å². The summed E-state index contributed by atoms with van der Waals surface area (Å²) in [6.07, 6.45) is 0. The van der Waals surface area contributed by atoms with Crippen molar-refractivity contribution in [2.24, 2.45) is 0 Å². The lowest BCUT2D eigenvalue weighted by atomic mass is 9.85. The van der Waals surface area contributed by atoms with Crippen LogP contribution in [0.3, 0.4) is 0 Å². The van der Waals surface area contributed by atoms with E-state index in [-0.39, 0.29) is 0 Å². The Morgan fingerprint density at radius 1 is 0.459 bits per heavy atom. The molecule has 0 unspecified atom stereocenters. The molecule has 7 aromatic carbocycles. The second kappa shape index (κ2) is 7.81. The van der Waals surface area contributed by atoms with Crippen LogP contribution < -0.4 is 0 Å². The van der Waals surface area contributed by atoms with Gasteiger partial charge < -0.3 is 4.42 Å². The monoisotopic (exact) mass is 472 g/mol. The van der Waals surface area contributed by atoms with Crippen LogP contribution in [0, 0.1) is 0 Å². The fourth-order valence-corrected chi connectivity index (χ4v) is 5.97. The van der Waals surface area contributed by atoms with E-state index in [0.29, 0.717) is 12.1 Å². The van der Waals surface area contributed by atoms with E-state index in [1.807, 2.05) is 60.7 Å². The van der Waals surface area contributed by atoms with Crippen molar-refractivity contribution in [3.63, 3.8) is 0 Å². The molecule has 0 radical (unpaired) electrons. The maximum Gasteiger partial charge on any atom is 0.143 e. The van der Waals surface area contributed by atoms with Crippen LogP contribution in [0.5, 0.6) is 0 Å². The van der Waals surface area contributed by atoms with E-state index in [4.69, 9.17) is 7.16 Å². The zero-order valence-corrected chi connectivity index (χ0v) is 20.0. The van der Waals surface area contributed by atoms with Crippen molar-refractivity contribution in [1.82, 2.24) is 0 Å². The van der Waals surface area contributed by atoms with Crippen LogP contribution in [0.1, 0.15) is 2.74 Å². The summed E-state index contributed by atoms with van der Waals surface area (Å²) in [7, 11) is 0. The van der Waals surface area contributed by atoms with Crippen LogP contribution in [-0.2, 0) is 0 Å². The van der Waals surface area contributed by atoms with Crippen LogP contribution in [0.2, 0.25) is 0 Å². The lowest BCUT2D eigenvalue weighted by Crippen LogP contribution is -1.91. The third-order valence-corrected chi connectivity index (χ3v) is 7.52. The number of hydrogen-bond acceptors (Lipinski definition) is 1. The molecular formula is C36H22O. The lowest BCUT2D eigenvalue weighted by Gasteiger charge is -2.18. The summed E-state index contributed by atoms with van der Waals surface area (Å²) in [6, 6.07) is 42.0. The Morgan fingerprint density at radius 2 is 1.14 bits per heavy atom. The van der Waals surface area contributed by atoms with Crippen molar-refractivity contribution >= 4 is 54.3 Å². The van der Waals surface area contributed by atoms with E-state index >= 15 is 0 Å². The summed E-state index contributed by atoms with van der Waals surface area (Å²) in [5.74, 6) is 0. The molecule has 37 heavy (non-hydrogen) atoms. The number of furan rings is 1. The fraction of sp³-hybridized carbons (Fsp3) is 0. The van der Waals surface area contributed by atoms with Gasteiger partial charge in [0.2, 0.25) is 0 Å². The molecular weight excluding hydrogens is 448 g/mol. The average Bonchev–Trinajstić information content (AvgIpc) is 3.36. The molecule has 1 heterocycles. The molecule has 1 aromatic heterocycles. The SMILES string of the molecule is [2H]c1ccc2c(-c3cccc4oc5c6ccccc6ccc5c34)c3cc([2H])ccc3c(-c3ccccc3)c2c1. The second-order valence-corrected chi connectivity index (χ2v) is 9.50. The van der Waals surface area contributed by atoms with Gasteiger partial charge in [0.25, 0.3) is 0 Å². The maximum atomic E-state index is 8.56. The van der Waals surface area contributed by atoms with Gasteiger partial charge in [-0.25, -0.2) is 0 Å². The Balaban J connectivity index is 1.59. The summed E-state index contributed by atoms with van der Waals surface area (Å²) in [6.45, 7) is 0. The third-order valence-electron chi connectivity index (χ3n) is 7.52. The van der Waals surface area contributed by atoms with Gasteiger partial charge in [0, 0.05) is 16.2 Å². The van der Waals surface area contributed by atoms with Gasteiger partial charge in [0.05, 0.1) is 2.74 Å². The largest absolute Gasteiger partial charge is 0.455 e. The summed E-state index contributed by atoms with van der Waals surface area (Å²) >= 11 is 0. The first-order valence-electron chi connectivity index (χ1n) is 13.5. The van der Waals surface area contributed by atoms with Gasteiger partial charge in [0.1, 0.15) is 11.2 Å². The molecule has 0 N–H and O–H groups in total. The van der Waals surface area contributed by atoms with Crippen molar-refractivity contribution in [3.05, 3.63) is 133 Å². The van der Waals surface area contributed by atoms with Gasteiger partial charge >= 0.3 is 0 Å². The molecule has 8 rings (SSSR count). The molecule has 172 valence electrons. The van der Waals surface area contributed by atoms with Crippen LogP contribution in [0.15, 0.2) is 138 Å². The Morgan fingerprint density at radius 3 is 1.97 bits per heavy atom. The minimum absolute atomic E-state index is 0.467. The highest BCUT2D eigenvalue weighted by atomic mass is 16.3. The first-order valence-corrected chi connectivity index (χ1v) is 12.5. The predicted molar refractivity (Wildman–Crippen MR) is 157 cm³/mol. The molecule has 0 aliphatic carbocycles. The van der Waals surface area contributed by atoms with Crippen molar-refractivity contribution in [3.8, 4) is 22.3 Å². The van der Waals surface area contributed by atoms with Gasteiger partial charge in [-0.05, 0) is 61.3 Å². The Bertz CT molecular complexity index is 2240. The van der Waals surface area contributed by atoms with Crippen molar-refractivity contribution in [2.45, 2.75) is 0 Å². The molecule has 1 heteroatoms. The van der Waals surface area contributed by atoms with Crippen LogP contribution in [-0.4, -0.2) is 0 Å². The van der Waals surface area contributed by atoms with Crippen molar-refractivity contribution in [1.29, 1.82) is 0 Å². The Labute approximate surface area is 217 Å². The quantitative estimate of drug-likeness (QED) is 0.228. The first-order chi connectivity index (χ1) is 19.2. The predicted octanol–water partition coefficient (Wildman–Crippen LogP) is 10.4. The summed E-state index contributed by atoms with van der Waals surface area (Å²) in [5, 5.41) is 8.57. The molecule has 0 fully saturated rings. The summed E-state index contributed by atoms with van der Waals surface area (Å²) in [5.41, 5.74) is 6.05. The minimum atomic E-state index is 0.467. The molecule has 0 atom stereocenters. The third kappa shape index (κ3) is 2.92. The maximum absolute atomic E-state index is 8.56. The van der Waals surface area contributed by atoms with E-state index in [9.17, 15) is 0 Å². The van der Waals surface area contributed by atoms with Crippen molar-refractivity contribution < 1.29 is 7.16 Å². The van der Waals surface area contributed by atoms with E-state index in [2.05, 4.69) is 60.7 Å². The number of hydrogen-bond donors (Lipinski definition) is 0. The van der Waals surface area contributed by atoms with Gasteiger partial charge in [-0.15, -0.1) is 0 Å². The van der Waals surface area contributed by atoms with Crippen LogP contribution in [0.25, 0.3) is 76.5 Å². The highest BCUT2D eigenvalue weighted by Gasteiger charge is 2.20. The fourth-order valence-electron chi connectivity index (χ4n) is 5.97. The minimum Gasteiger partial charge on any atom is -0.455 e. The normalized spacial score (nSPS) is 12.5. The smallest absolute Gasteiger partial charge is 0.143 e. The zero-order valence-electron chi connectivity index (χ0n) is 22.0. The number of benzene rings is 7. The van der Waals surface area contributed by atoms with Gasteiger partial charge in [-0.1, -0.05) is 121 Å². The van der Waals surface area contributed by atoms with Crippen LogP contribution in [0.4, 0.5) is 0 Å². The second-order valence-electron chi connectivity index (χ2n) is 9.50. The molecule has 0 saturated carbocycles. The first kappa shape index (κ1) is 18.4. The summed E-state index contributed by atoms with van der Waals surface area (Å²) in [4.78, 5) is 0. The molecule has 0 bridgehead atoms. The standard InChI is InChI=1S/C36H22O/c1-2-12-24(13-3-1)33-26-15-6-8-17-28(26)34(29-18-9-7-16-27(29)33)30-19-10-20-32-35(30)31-22-21-23-11-4-5-14-25(23)36(31)37-32/h1-22H/i6D,9D. The molecule has 0 amide bonds. The molecule has 0 aliphatic heterocycles. The van der Waals surface area contributed by atoms with E-state index in [0.717, 1.165) is 76.5 Å². The molecule has 0 aliphatic rings. The highest BCUT2D eigenvalue weighted by Crippen LogP contribution is 2.47. The number of fused-ring (bicyclic) bond motifs is 7. The Kier molecular flexibility index (Phi) is 3.88. The van der Waals surface area contributed by atoms with E-state index in [1.165, 1.54) is 0 Å². The lowest BCUT2D eigenvalue weighted by molar-refractivity contribution is 0.673. The molecule has 1 nitrogen and oxygen atoms in total. The van der Waals surface area contributed by atoms with E-state index < -0.39 is 0 Å². The van der Waals surface area contributed by atoms with Gasteiger partial charge in [-0.3, -0.25) is 0 Å². The van der Waals surface area contributed by atoms with Crippen LogP contribution >= 0.6 is 0 Å². The molecule has 0 spiro atoms. The topological polar surface area (TPSA) is 13.1 Å². The summed E-state index contributed by atoms with van der Waals surface area (Å²) < 4.78 is 23.6.